The minimum Gasteiger partial charge on any atom is -0.380 e. The molecule has 0 saturated carbocycles. The van der Waals surface area contributed by atoms with Crippen LogP contribution in [0.15, 0.2) is 53.4 Å². The molecule has 0 radical (unpaired) electrons. The Morgan fingerprint density at radius 3 is 2.32 bits per heavy atom. The number of carbonyl (C=O) groups is 1. The van der Waals surface area contributed by atoms with Gasteiger partial charge in [0.1, 0.15) is 0 Å². The number of nitrogens with one attached hydrogen (secondary N) is 1. The van der Waals surface area contributed by atoms with Crippen LogP contribution in [0.5, 0.6) is 0 Å². The maximum atomic E-state index is 12.7. The van der Waals surface area contributed by atoms with Gasteiger partial charge in [0.2, 0.25) is 10.0 Å². The Bertz CT molecular complexity index is 1000. The Morgan fingerprint density at radius 1 is 1.03 bits per heavy atom. The first-order chi connectivity index (χ1) is 15.0. The predicted octanol–water partition coefficient (Wildman–Crippen LogP) is 2.18. The van der Waals surface area contributed by atoms with Crippen molar-refractivity contribution in [2.75, 3.05) is 56.7 Å². The molecule has 0 aromatic heterocycles. The van der Waals surface area contributed by atoms with Crippen molar-refractivity contribution < 1.29 is 22.7 Å². The highest BCUT2D eigenvalue weighted by Crippen LogP contribution is 2.24. The second kappa shape index (κ2) is 9.35. The van der Waals surface area contributed by atoms with Gasteiger partial charge in [0.05, 0.1) is 24.2 Å². The van der Waals surface area contributed by atoms with Crippen LogP contribution in [0.2, 0.25) is 0 Å². The number of rotatable bonds is 6. The number of ether oxygens (including phenoxy) is 2. The molecule has 31 heavy (non-hydrogen) atoms. The molecule has 166 valence electrons. The fraction of sp³-hybridized carbons (Fsp3) is 0.409. The Balaban J connectivity index is 1.38. The monoisotopic (exact) mass is 445 g/mol. The van der Waals surface area contributed by atoms with Gasteiger partial charge in [-0.2, -0.15) is 4.31 Å². The molecule has 1 atom stereocenters. The third kappa shape index (κ3) is 4.90. The van der Waals surface area contributed by atoms with E-state index in [0.717, 1.165) is 25.2 Å². The molecule has 0 aliphatic carbocycles. The molecular formula is C22H27N3O5S. The molecule has 2 aliphatic heterocycles. The highest BCUT2D eigenvalue weighted by molar-refractivity contribution is 7.89. The van der Waals surface area contributed by atoms with E-state index >= 15 is 0 Å². The largest absolute Gasteiger partial charge is 0.380 e. The number of hydrogen-bond donors (Lipinski definition) is 1. The van der Waals surface area contributed by atoms with Crippen LogP contribution in [0.25, 0.3) is 0 Å². The lowest BCUT2D eigenvalue weighted by atomic mass is 10.2. The molecule has 2 aromatic carbocycles. The molecule has 0 spiro atoms. The Labute approximate surface area is 182 Å². The molecule has 8 nitrogen and oxygen atoms in total. The number of nitrogens with zero attached hydrogens (tertiary/aromatic N) is 2. The number of hydrogen-bond acceptors (Lipinski definition) is 6. The molecule has 9 heteroatoms. The van der Waals surface area contributed by atoms with Gasteiger partial charge in [-0.15, -0.1) is 0 Å². The van der Waals surface area contributed by atoms with Gasteiger partial charge in [0.25, 0.3) is 5.91 Å². The summed E-state index contributed by atoms with van der Waals surface area (Å²) >= 11 is 0. The molecule has 2 heterocycles. The zero-order valence-electron chi connectivity index (χ0n) is 17.5. The van der Waals surface area contributed by atoms with E-state index in [1.807, 2.05) is 24.3 Å². The SMILES string of the molecule is COC1CCN(c2ccc(NC(=O)c3ccc(S(=O)(=O)N4CCOCC4)cc3)cc2)C1. The van der Waals surface area contributed by atoms with Crippen molar-refractivity contribution in [1.82, 2.24) is 4.31 Å². The summed E-state index contributed by atoms with van der Waals surface area (Å²) in [6.45, 7) is 3.27. The summed E-state index contributed by atoms with van der Waals surface area (Å²) < 4.78 is 37.4. The standard InChI is InChI=1S/C22H27N3O5S/c1-29-20-10-11-24(16-20)19-6-4-18(5-7-19)23-22(26)17-2-8-21(9-3-17)31(27,28)25-12-14-30-15-13-25/h2-9,20H,10-16H2,1H3,(H,23,26). The van der Waals surface area contributed by atoms with Gasteiger partial charge < -0.3 is 19.7 Å². The summed E-state index contributed by atoms with van der Waals surface area (Å²) in [7, 11) is -1.84. The normalized spacial score (nSPS) is 20.0. The van der Waals surface area contributed by atoms with E-state index in [-0.39, 0.29) is 16.9 Å². The Hall–Kier alpha value is -2.46. The predicted molar refractivity (Wildman–Crippen MR) is 118 cm³/mol. The number of sulfonamides is 1. The van der Waals surface area contributed by atoms with Crippen LogP contribution < -0.4 is 10.2 Å². The summed E-state index contributed by atoms with van der Waals surface area (Å²) in [5, 5.41) is 2.86. The van der Waals surface area contributed by atoms with E-state index in [2.05, 4.69) is 10.2 Å². The minimum absolute atomic E-state index is 0.176. The van der Waals surface area contributed by atoms with Crippen molar-refractivity contribution >= 4 is 27.3 Å². The van der Waals surface area contributed by atoms with Gasteiger partial charge in [-0.05, 0) is 55.0 Å². The lowest BCUT2D eigenvalue weighted by molar-refractivity contribution is 0.0730. The average Bonchev–Trinajstić information content (AvgIpc) is 3.29. The van der Waals surface area contributed by atoms with Gasteiger partial charge in [0, 0.05) is 50.2 Å². The first-order valence-corrected chi connectivity index (χ1v) is 11.8. The second-order valence-electron chi connectivity index (χ2n) is 7.63. The molecule has 2 fully saturated rings. The van der Waals surface area contributed by atoms with Crippen molar-refractivity contribution in [2.24, 2.45) is 0 Å². The van der Waals surface area contributed by atoms with Gasteiger partial charge in [-0.25, -0.2) is 8.42 Å². The lowest BCUT2D eigenvalue weighted by Crippen LogP contribution is -2.40. The first-order valence-electron chi connectivity index (χ1n) is 10.3. The van der Waals surface area contributed by atoms with Crippen molar-refractivity contribution in [3.63, 3.8) is 0 Å². The van der Waals surface area contributed by atoms with Gasteiger partial charge in [0.15, 0.2) is 0 Å². The van der Waals surface area contributed by atoms with Crippen LogP contribution in [0.1, 0.15) is 16.8 Å². The third-order valence-corrected chi connectivity index (χ3v) is 7.61. The number of anilines is 2. The number of benzene rings is 2. The van der Waals surface area contributed by atoms with Crippen molar-refractivity contribution in [2.45, 2.75) is 17.4 Å². The summed E-state index contributed by atoms with van der Waals surface area (Å²) in [6, 6.07) is 13.7. The van der Waals surface area contributed by atoms with Crippen LogP contribution in [-0.4, -0.2) is 71.2 Å². The van der Waals surface area contributed by atoms with Crippen LogP contribution in [-0.2, 0) is 19.5 Å². The summed E-state index contributed by atoms with van der Waals surface area (Å²) in [5.74, 6) is -0.288. The molecule has 1 amide bonds. The maximum Gasteiger partial charge on any atom is 0.255 e. The Morgan fingerprint density at radius 2 is 1.71 bits per heavy atom. The van der Waals surface area contributed by atoms with E-state index in [9.17, 15) is 13.2 Å². The molecule has 1 unspecified atom stereocenters. The fourth-order valence-corrected chi connectivity index (χ4v) is 5.24. The highest BCUT2D eigenvalue weighted by Gasteiger charge is 2.26. The average molecular weight is 446 g/mol. The number of morpholine rings is 1. The summed E-state index contributed by atoms with van der Waals surface area (Å²) in [5.41, 5.74) is 2.17. The zero-order valence-corrected chi connectivity index (χ0v) is 18.3. The van der Waals surface area contributed by atoms with E-state index in [1.165, 1.54) is 28.6 Å². The number of methoxy groups -OCH3 is 1. The van der Waals surface area contributed by atoms with E-state index in [4.69, 9.17) is 9.47 Å². The fourth-order valence-electron chi connectivity index (χ4n) is 3.83. The molecule has 2 aliphatic rings. The quantitative estimate of drug-likeness (QED) is 0.733. The molecule has 4 rings (SSSR count). The highest BCUT2D eigenvalue weighted by atomic mass is 32.2. The zero-order chi connectivity index (χ0) is 21.8. The molecular weight excluding hydrogens is 418 g/mol. The summed E-state index contributed by atoms with van der Waals surface area (Å²) in [6.07, 6.45) is 1.26. The van der Waals surface area contributed by atoms with Crippen LogP contribution in [0, 0.1) is 0 Å². The first kappa shape index (κ1) is 21.8. The molecule has 0 bridgehead atoms. The maximum absolute atomic E-state index is 12.7. The van der Waals surface area contributed by atoms with Crippen molar-refractivity contribution in [3.05, 3.63) is 54.1 Å². The lowest BCUT2D eigenvalue weighted by Gasteiger charge is -2.26. The molecule has 2 aromatic rings. The minimum atomic E-state index is -3.57. The smallest absolute Gasteiger partial charge is 0.255 e. The van der Waals surface area contributed by atoms with E-state index < -0.39 is 10.0 Å². The number of amides is 1. The van der Waals surface area contributed by atoms with E-state index in [1.54, 1.807) is 7.11 Å². The van der Waals surface area contributed by atoms with Crippen molar-refractivity contribution in [3.8, 4) is 0 Å². The molecule has 1 N–H and O–H groups in total. The second-order valence-corrected chi connectivity index (χ2v) is 9.57. The number of carbonyl (C=O) groups excluding carboxylic acids is 1. The third-order valence-electron chi connectivity index (χ3n) is 5.69. The van der Waals surface area contributed by atoms with Gasteiger partial charge >= 0.3 is 0 Å². The Kier molecular flexibility index (Phi) is 6.57. The van der Waals surface area contributed by atoms with Crippen molar-refractivity contribution in [1.29, 1.82) is 0 Å². The van der Waals surface area contributed by atoms with Crippen LogP contribution in [0.4, 0.5) is 11.4 Å². The van der Waals surface area contributed by atoms with Gasteiger partial charge in [-0.3, -0.25) is 4.79 Å². The summed E-state index contributed by atoms with van der Waals surface area (Å²) in [4.78, 5) is 15.0. The molecule has 2 saturated heterocycles. The van der Waals surface area contributed by atoms with Gasteiger partial charge in [-0.1, -0.05) is 0 Å². The van der Waals surface area contributed by atoms with E-state index in [0.29, 0.717) is 37.6 Å². The topological polar surface area (TPSA) is 88.2 Å². The van der Waals surface area contributed by atoms with Crippen LogP contribution in [0.3, 0.4) is 0 Å². The van der Waals surface area contributed by atoms with Crippen LogP contribution >= 0.6 is 0 Å².